The van der Waals surface area contributed by atoms with Gasteiger partial charge in [0.25, 0.3) is 10.0 Å². The molecule has 3 atom stereocenters. The normalized spacial score (nSPS) is 14.6. The molecule has 1 aliphatic heterocycles. The second-order valence-electron chi connectivity index (χ2n) is 19.8. The van der Waals surface area contributed by atoms with Gasteiger partial charge in [0.15, 0.2) is 0 Å². The maximum Gasteiger partial charge on any atom is 0.407 e. The minimum Gasteiger partial charge on any atom is -0.487 e. The predicted molar refractivity (Wildman–Crippen MR) is 295 cm³/mol. The van der Waals surface area contributed by atoms with Gasteiger partial charge >= 0.3 is 12.1 Å². The summed E-state index contributed by atoms with van der Waals surface area (Å²) in [4.78, 5) is 54.8. The molecular formula is C59H64N6O9S2. The quantitative estimate of drug-likeness (QED) is 0.0166. The maximum absolute atomic E-state index is 14.5. The van der Waals surface area contributed by atoms with Crippen LogP contribution in [0.15, 0.2) is 144 Å². The van der Waals surface area contributed by atoms with E-state index >= 15 is 0 Å². The average Bonchev–Trinajstić information content (AvgIpc) is 3.92. The second-order valence-corrected chi connectivity index (χ2v) is 22.7. The van der Waals surface area contributed by atoms with Gasteiger partial charge in [-0.25, -0.2) is 22.7 Å². The van der Waals surface area contributed by atoms with Gasteiger partial charge in [0, 0.05) is 30.2 Å². The van der Waals surface area contributed by atoms with Gasteiger partial charge in [-0.1, -0.05) is 140 Å². The first-order chi connectivity index (χ1) is 36.3. The van der Waals surface area contributed by atoms with Crippen molar-refractivity contribution in [2.75, 3.05) is 18.9 Å². The van der Waals surface area contributed by atoms with Crippen LogP contribution in [0, 0.1) is 26.2 Å². The Hall–Kier alpha value is -7.63. The van der Waals surface area contributed by atoms with Crippen molar-refractivity contribution in [2.24, 2.45) is 0 Å². The molecule has 6 aromatic carbocycles. The summed E-state index contributed by atoms with van der Waals surface area (Å²) in [6, 6.07) is 41.6. The van der Waals surface area contributed by atoms with E-state index in [1.165, 1.54) is 18.7 Å². The third-order valence-electron chi connectivity index (χ3n) is 14.1. The highest BCUT2D eigenvalue weighted by Crippen LogP contribution is 2.49. The molecule has 0 unspecified atom stereocenters. The number of sulfonamides is 1. The molecule has 0 bridgehead atoms. The van der Waals surface area contributed by atoms with Crippen LogP contribution in [0.2, 0.25) is 0 Å². The highest BCUT2D eigenvalue weighted by Gasteiger charge is 2.40. The average molecular weight is 1070 g/mol. The van der Waals surface area contributed by atoms with Crippen LogP contribution in [0.5, 0.6) is 5.75 Å². The minimum absolute atomic E-state index is 0.00155. The summed E-state index contributed by atoms with van der Waals surface area (Å²) in [5.41, 5.74) is 9.00. The Morgan fingerprint density at radius 1 is 0.737 bits per heavy atom. The molecule has 0 saturated carbocycles. The van der Waals surface area contributed by atoms with Gasteiger partial charge in [0.05, 0.1) is 9.64 Å². The van der Waals surface area contributed by atoms with Crippen molar-refractivity contribution in [3.63, 3.8) is 0 Å². The topological polar surface area (TPSA) is 225 Å². The fourth-order valence-corrected chi connectivity index (χ4v) is 13.3. The van der Waals surface area contributed by atoms with E-state index in [2.05, 4.69) is 26.0 Å². The van der Waals surface area contributed by atoms with Crippen molar-refractivity contribution < 1.29 is 42.2 Å². The van der Waals surface area contributed by atoms with Gasteiger partial charge in [-0.15, -0.1) is 11.8 Å². The number of carboxylic acid groups (broad SMARTS) is 1. The summed E-state index contributed by atoms with van der Waals surface area (Å²) in [5.74, 6) is -2.91. The lowest BCUT2D eigenvalue weighted by atomic mass is 9.84. The molecule has 6 aromatic rings. The number of thioether (sulfide) groups is 1. The molecule has 0 radical (unpaired) electrons. The smallest absolute Gasteiger partial charge is 0.407 e. The molecule has 76 heavy (non-hydrogen) atoms. The lowest BCUT2D eigenvalue weighted by Crippen LogP contribution is -2.55. The molecule has 7 N–H and O–H groups in total. The van der Waals surface area contributed by atoms with E-state index in [0.29, 0.717) is 28.9 Å². The van der Waals surface area contributed by atoms with E-state index in [1.807, 2.05) is 160 Å². The molecule has 1 heterocycles. The Morgan fingerprint density at radius 2 is 1.26 bits per heavy atom. The molecule has 0 spiro atoms. The Bertz CT molecular complexity index is 3110. The predicted octanol–water partition coefficient (Wildman–Crippen LogP) is 8.61. The van der Waals surface area contributed by atoms with Crippen LogP contribution in [-0.4, -0.2) is 86.0 Å². The van der Waals surface area contributed by atoms with E-state index in [4.69, 9.17) is 14.9 Å². The second kappa shape index (κ2) is 23.1. The van der Waals surface area contributed by atoms with Crippen molar-refractivity contribution in [3.05, 3.63) is 190 Å². The van der Waals surface area contributed by atoms with Crippen LogP contribution < -0.4 is 30.7 Å². The number of carboxylic acids is 1. The molecule has 15 nitrogen and oxygen atoms in total. The van der Waals surface area contributed by atoms with Crippen LogP contribution >= 0.6 is 11.8 Å². The van der Waals surface area contributed by atoms with E-state index in [0.717, 1.165) is 44.5 Å². The summed E-state index contributed by atoms with van der Waals surface area (Å²) in [6.07, 6.45) is -0.302. The molecule has 0 fully saturated rings. The first-order valence-electron chi connectivity index (χ1n) is 25.2. The molecule has 2 aliphatic rings. The number of guanidine groups is 1. The van der Waals surface area contributed by atoms with E-state index < -0.39 is 68.3 Å². The number of rotatable bonds is 20. The summed E-state index contributed by atoms with van der Waals surface area (Å²) >= 11 is 1.43. The third-order valence-corrected chi connectivity index (χ3v) is 17.4. The largest absolute Gasteiger partial charge is 0.487 e. The van der Waals surface area contributed by atoms with E-state index in [9.17, 15) is 32.7 Å². The van der Waals surface area contributed by atoms with Crippen LogP contribution in [0.4, 0.5) is 4.79 Å². The van der Waals surface area contributed by atoms with Gasteiger partial charge < -0.3 is 35.8 Å². The number of carbonyl (C=O) groups is 4. The summed E-state index contributed by atoms with van der Waals surface area (Å²) in [7, 11) is -4.20. The molecular weight excluding hydrogens is 1000 g/mol. The number of aliphatic carboxylic acids is 1. The number of nitrogens with one attached hydrogen (secondary N) is 6. The van der Waals surface area contributed by atoms with Crippen LogP contribution in [0.3, 0.4) is 0 Å². The first-order valence-corrected chi connectivity index (χ1v) is 27.7. The number of carbonyl (C=O) groups excluding carboxylic acids is 3. The Labute approximate surface area is 448 Å². The first kappa shape index (κ1) is 54.6. The standard InChI is InChI=1S/C59H64N6O9S2/c1-36-37(2)52(38(3)47-33-58(5,6)74-51(36)47)76(71,72)65-56(60)61-32-20-31-49(55(68)69)63-53(66)39(4)62-54(67)50(64-57(70)73-34-48-45-29-18-16-27-43(45)44-28-17-19-30-46(44)48)35-75-59(40-21-10-7-11-22-40,41-23-12-8-13-24-41)42-25-14-9-15-26-42/h7-19,21-30,39,48-50H,20,31-35H2,1-6H3,(H,62,67)(H,63,66)(H,64,70)(H,68,69)(H3,60,61,65)/t39-,49-,50-/m1/s1. The molecule has 1 aliphatic carbocycles. The summed E-state index contributed by atoms with van der Waals surface area (Å²) < 4.78 is 40.8. The Balaban J connectivity index is 0.942. The third kappa shape index (κ3) is 11.7. The molecule has 17 heteroatoms. The number of alkyl carbamates (subject to hydrolysis) is 1. The SMILES string of the molecule is Cc1c(C)c(S(=O)(=O)NC(=N)NCCC[C@@H](NC(=O)[C@@H](C)NC(=O)[C@@H](CSC(c2ccccc2)(c2ccccc2)c2ccccc2)NC(=O)OCC2c3ccccc3-c3ccccc32)C(=O)O)c(C)c2c1OC(C)(C)C2. The molecule has 8 rings (SSSR count). The van der Waals surface area contributed by atoms with Crippen molar-refractivity contribution in [1.29, 1.82) is 5.41 Å². The van der Waals surface area contributed by atoms with Gasteiger partial charge in [0.2, 0.25) is 17.8 Å². The van der Waals surface area contributed by atoms with Gasteiger partial charge in [-0.05, 0) is 110 Å². The fraction of sp³-hybridized carbons (Fsp3) is 0.305. The molecule has 0 saturated heterocycles. The fourth-order valence-electron chi connectivity index (χ4n) is 10.3. The summed E-state index contributed by atoms with van der Waals surface area (Å²) in [5, 5.41) is 29.3. The zero-order chi connectivity index (χ0) is 54.4. The molecule has 3 amide bonds. The maximum atomic E-state index is 14.5. The van der Waals surface area contributed by atoms with Crippen molar-refractivity contribution in [1.82, 2.24) is 26.0 Å². The monoisotopic (exact) mass is 1060 g/mol. The summed E-state index contributed by atoms with van der Waals surface area (Å²) in [6.45, 7) is 10.5. The van der Waals surface area contributed by atoms with Crippen LogP contribution in [-0.2, 0) is 40.3 Å². The van der Waals surface area contributed by atoms with Crippen LogP contribution in [0.1, 0.15) is 89.6 Å². The zero-order valence-corrected chi connectivity index (χ0v) is 45.0. The molecule has 396 valence electrons. The highest BCUT2D eigenvalue weighted by atomic mass is 32.2. The lowest BCUT2D eigenvalue weighted by molar-refractivity contribution is -0.142. The number of amides is 3. The van der Waals surface area contributed by atoms with Crippen molar-refractivity contribution in [3.8, 4) is 16.9 Å². The Kier molecular flexibility index (Phi) is 16.6. The molecule has 0 aromatic heterocycles. The minimum atomic E-state index is -4.20. The van der Waals surface area contributed by atoms with Gasteiger partial charge in [-0.3, -0.25) is 15.0 Å². The van der Waals surface area contributed by atoms with Crippen LogP contribution in [0.25, 0.3) is 11.1 Å². The Morgan fingerprint density at radius 3 is 1.80 bits per heavy atom. The van der Waals surface area contributed by atoms with Crippen molar-refractivity contribution >= 4 is 51.6 Å². The highest BCUT2D eigenvalue weighted by molar-refractivity contribution is 8.00. The van der Waals surface area contributed by atoms with Gasteiger partial charge in [-0.2, -0.15) is 0 Å². The number of ether oxygens (including phenoxy) is 2. The number of benzene rings is 6. The number of fused-ring (bicyclic) bond motifs is 4. The number of hydrogen-bond donors (Lipinski definition) is 7. The number of hydrogen-bond acceptors (Lipinski definition) is 10. The van der Waals surface area contributed by atoms with E-state index in [1.54, 1.807) is 13.8 Å². The van der Waals surface area contributed by atoms with Crippen molar-refractivity contribution in [2.45, 2.75) is 100 Å². The lowest BCUT2D eigenvalue weighted by Gasteiger charge is -2.36. The van der Waals surface area contributed by atoms with E-state index in [-0.39, 0.29) is 42.6 Å². The zero-order valence-electron chi connectivity index (χ0n) is 43.4. The van der Waals surface area contributed by atoms with Gasteiger partial charge in [0.1, 0.15) is 36.1 Å².